The van der Waals surface area contributed by atoms with Crippen LogP contribution in [0.3, 0.4) is 0 Å². The van der Waals surface area contributed by atoms with Gasteiger partial charge in [0.25, 0.3) is 5.91 Å². The van der Waals surface area contributed by atoms with Crippen LogP contribution >= 0.6 is 0 Å². The molecule has 0 spiro atoms. The summed E-state index contributed by atoms with van der Waals surface area (Å²) >= 11 is 0. The first-order valence-electron chi connectivity index (χ1n) is 7.93. The zero-order valence-electron chi connectivity index (χ0n) is 14.8. The molecule has 1 aromatic heterocycles. The second-order valence-corrected chi connectivity index (χ2v) is 5.74. The lowest BCUT2D eigenvalue weighted by Gasteiger charge is -2.34. The van der Waals surface area contributed by atoms with Crippen LogP contribution in [0.25, 0.3) is 0 Å². The molecule has 0 fully saturated rings. The first-order chi connectivity index (χ1) is 12.6. The zero-order valence-corrected chi connectivity index (χ0v) is 14.8. The van der Waals surface area contributed by atoms with Gasteiger partial charge in [-0.25, -0.2) is 4.79 Å². The van der Waals surface area contributed by atoms with E-state index in [0.717, 1.165) is 6.07 Å². The van der Waals surface area contributed by atoms with E-state index in [0.29, 0.717) is 5.56 Å². The molecule has 0 saturated heterocycles. The maximum atomic E-state index is 14.0. The molecule has 146 valence electrons. The van der Waals surface area contributed by atoms with Crippen molar-refractivity contribution in [1.82, 2.24) is 10.5 Å². The maximum Gasteiger partial charge on any atom is 0.441 e. The van der Waals surface area contributed by atoms with Crippen molar-refractivity contribution in [3.8, 4) is 0 Å². The standard InChI is InChI=1S/C17H18F3N3O4/c1-4-26-15(25)16(17(18,19)20,21-13-9-11(3)27-23-13)22-14(24)12-7-5-6-10(2)8-12/h5-9H,4H2,1-3H3,(H,21,23)(H,22,24). The molecule has 1 atom stereocenters. The summed E-state index contributed by atoms with van der Waals surface area (Å²) in [4.78, 5) is 24.7. The summed E-state index contributed by atoms with van der Waals surface area (Å²) in [7, 11) is 0. The number of aromatic nitrogens is 1. The van der Waals surface area contributed by atoms with E-state index < -0.39 is 23.7 Å². The molecule has 0 radical (unpaired) electrons. The highest BCUT2D eigenvalue weighted by atomic mass is 19.4. The Morgan fingerprint density at radius 3 is 2.44 bits per heavy atom. The SMILES string of the molecule is CCOC(=O)C(NC(=O)c1cccc(C)c1)(Nc1cc(C)on1)C(F)(F)F. The number of carbonyl (C=O) groups is 2. The number of nitrogens with one attached hydrogen (secondary N) is 2. The van der Waals surface area contributed by atoms with E-state index in [2.05, 4.69) is 9.89 Å². The number of benzene rings is 1. The van der Waals surface area contributed by atoms with Crippen LogP contribution in [-0.2, 0) is 9.53 Å². The van der Waals surface area contributed by atoms with Crippen LogP contribution in [-0.4, -0.2) is 35.5 Å². The number of hydrogen-bond donors (Lipinski definition) is 2. The van der Waals surface area contributed by atoms with Crippen molar-refractivity contribution in [2.45, 2.75) is 32.6 Å². The molecule has 2 rings (SSSR count). The van der Waals surface area contributed by atoms with E-state index in [1.807, 2.05) is 5.32 Å². The van der Waals surface area contributed by atoms with Crippen molar-refractivity contribution in [3.63, 3.8) is 0 Å². The molecule has 10 heteroatoms. The van der Waals surface area contributed by atoms with Crippen molar-refractivity contribution < 1.29 is 32.0 Å². The molecular formula is C17H18F3N3O4. The summed E-state index contributed by atoms with van der Waals surface area (Å²) in [6, 6.07) is 7.06. The van der Waals surface area contributed by atoms with Gasteiger partial charge in [0.1, 0.15) is 5.76 Å². The van der Waals surface area contributed by atoms with E-state index in [4.69, 9.17) is 4.52 Å². The first-order valence-corrected chi connectivity index (χ1v) is 7.93. The lowest BCUT2D eigenvalue weighted by Crippen LogP contribution is -2.69. The van der Waals surface area contributed by atoms with Gasteiger partial charge in [0, 0.05) is 11.6 Å². The van der Waals surface area contributed by atoms with Gasteiger partial charge in [0.15, 0.2) is 5.82 Å². The number of hydrogen-bond acceptors (Lipinski definition) is 6. The minimum atomic E-state index is -5.24. The summed E-state index contributed by atoms with van der Waals surface area (Å²) in [6.45, 7) is 4.16. The minimum absolute atomic E-state index is 0.0499. The molecule has 1 amide bonds. The van der Waals surface area contributed by atoms with Crippen LogP contribution in [0.15, 0.2) is 34.9 Å². The molecule has 0 aliphatic heterocycles. The molecule has 1 unspecified atom stereocenters. The number of alkyl halides is 3. The van der Waals surface area contributed by atoms with Crippen LogP contribution in [0, 0.1) is 13.8 Å². The van der Waals surface area contributed by atoms with Gasteiger partial charge in [0.05, 0.1) is 6.61 Å². The molecule has 0 aliphatic carbocycles. The number of carbonyl (C=O) groups excluding carboxylic acids is 2. The molecule has 0 bridgehead atoms. The van der Waals surface area contributed by atoms with Gasteiger partial charge in [-0.3, -0.25) is 4.79 Å². The van der Waals surface area contributed by atoms with Crippen LogP contribution in [0.4, 0.5) is 19.0 Å². The summed E-state index contributed by atoms with van der Waals surface area (Å²) < 4.78 is 51.2. The number of rotatable bonds is 6. The normalized spacial score (nSPS) is 13.6. The number of ether oxygens (including phenoxy) is 1. The van der Waals surface area contributed by atoms with Gasteiger partial charge < -0.3 is 19.9 Å². The van der Waals surface area contributed by atoms with Crippen molar-refractivity contribution in [1.29, 1.82) is 0 Å². The smallest absolute Gasteiger partial charge is 0.441 e. The Kier molecular flexibility index (Phi) is 5.77. The van der Waals surface area contributed by atoms with Crippen LogP contribution in [0.2, 0.25) is 0 Å². The Labute approximate surface area is 152 Å². The Morgan fingerprint density at radius 1 is 1.22 bits per heavy atom. The number of nitrogens with zero attached hydrogens (tertiary/aromatic N) is 1. The van der Waals surface area contributed by atoms with Crippen molar-refractivity contribution in [2.24, 2.45) is 0 Å². The fourth-order valence-corrected chi connectivity index (χ4v) is 2.28. The highest BCUT2D eigenvalue weighted by molar-refractivity contribution is 5.99. The first kappa shape index (κ1) is 20.3. The van der Waals surface area contributed by atoms with Gasteiger partial charge >= 0.3 is 17.8 Å². The average molecular weight is 385 g/mol. The van der Waals surface area contributed by atoms with Gasteiger partial charge in [-0.15, -0.1) is 0 Å². The lowest BCUT2D eigenvalue weighted by atomic mass is 10.1. The predicted molar refractivity (Wildman–Crippen MR) is 88.9 cm³/mol. The fraction of sp³-hybridized carbons (Fsp3) is 0.353. The molecule has 1 aromatic carbocycles. The average Bonchev–Trinajstić information content (AvgIpc) is 2.98. The van der Waals surface area contributed by atoms with Crippen LogP contribution in [0.1, 0.15) is 28.6 Å². The highest BCUT2D eigenvalue weighted by Gasteiger charge is 2.64. The van der Waals surface area contributed by atoms with Crippen molar-refractivity contribution in [2.75, 3.05) is 11.9 Å². The third-order valence-corrected chi connectivity index (χ3v) is 3.53. The predicted octanol–water partition coefficient (Wildman–Crippen LogP) is 2.96. The number of halogens is 3. The number of esters is 1. The van der Waals surface area contributed by atoms with Crippen LogP contribution in [0.5, 0.6) is 0 Å². The van der Waals surface area contributed by atoms with Crippen molar-refractivity contribution in [3.05, 3.63) is 47.2 Å². The summed E-state index contributed by atoms with van der Waals surface area (Å²) in [5.41, 5.74) is -2.94. The second kappa shape index (κ2) is 7.68. The second-order valence-electron chi connectivity index (χ2n) is 5.74. The zero-order chi connectivity index (χ0) is 20.2. The van der Waals surface area contributed by atoms with Crippen molar-refractivity contribution >= 4 is 17.7 Å². The summed E-state index contributed by atoms with van der Waals surface area (Å²) in [5, 5.41) is 7.05. The molecule has 2 aromatic rings. The Morgan fingerprint density at radius 2 is 1.93 bits per heavy atom. The van der Waals surface area contributed by atoms with Gasteiger partial charge in [0.2, 0.25) is 0 Å². The number of anilines is 1. The van der Waals surface area contributed by atoms with Gasteiger partial charge in [-0.1, -0.05) is 22.9 Å². The topological polar surface area (TPSA) is 93.5 Å². The van der Waals surface area contributed by atoms with E-state index >= 15 is 0 Å². The Bertz CT molecular complexity index is 835. The lowest BCUT2D eigenvalue weighted by molar-refractivity contribution is -0.204. The molecule has 0 aliphatic rings. The number of amides is 1. The quantitative estimate of drug-likeness (QED) is 0.587. The summed E-state index contributed by atoms with van der Waals surface area (Å²) in [5.74, 6) is -3.01. The molecule has 1 heterocycles. The maximum absolute atomic E-state index is 14.0. The fourth-order valence-electron chi connectivity index (χ4n) is 2.28. The van der Waals surface area contributed by atoms with E-state index in [-0.39, 0.29) is 23.7 Å². The molecule has 27 heavy (non-hydrogen) atoms. The highest BCUT2D eigenvalue weighted by Crippen LogP contribution is 2.33. The van der Waals surface area contributed by atoms with Gasteiger partial charge in [-0.2, -0.15) is 13.2 Å². The number of aryl methyl sites for hydroxylation is 2. The molecule has 2 N–H and O–H groups in total. The van der Waals surface area contributed by atoms with Gasteiger partial charge in [-0.05, 0) is 32.9 Å². The third-order valence-electron chi connectivity index (χ3n) is 3.53. The summed E-state index contributed by atoms with van der Waals surface area (Å²) in [6.07, 6.45) is -5.24. The largest absolute Gasteiger partial charge is 0.463 e. The molecule has 7 nitrogen and oxygen atoms in total. The molecular weight excluding hydrogens is 367 g/mol. The van der Waals surface area contributed by atoms with E-state index in [1.54, 1.807) is 18.3 Å². The van der Waals surface area contributed by atoms with E-state index in [1.165, 1.54) is 32.0 Å². The molecule has 0 saturated carbocycles. The Balaban J connectivity index is 2.48. The van der Waals surface area contributed by atoms with E-state index in [9.17, 15) is 22.8 Å². The third kappa shape index (κ3) is 4.39. The minimum Gasteiger partial charge on any atom is -0.463 e. The van der Waals surface area contributed by atoms with Crippen LogP contribution < -0.4 is 10.6 Å². The Hall–Kier alpha value is -3.04. The monoisotopic (exact) mass is 385 g/mol.